The Morgan fingerprint density at radius 1 is 0.394 bits per heavy atom. The minimum absolute atomic E-state index is 0.899. The first-order valence-electron chi connectivity index (χ1n) is 22.9. The molecule has 0 aliphatic rings. The Hall–Kier alpha value is -8.54. The standard InChI is InChI=1S/C61H41N3O2/c1-3-15-50-42(4-2)48-36-41(27-30-53(48)62(50)39-17-6-5-7-18-39)64-52-24-12-9-22-47(52)59-55(64)32-29-45-44-28-31-54-58(60(44)66-61(45)59)46-21-8-11-23-51(46)63(54)40-19-14-16-37(34-40)38-26-33-57-49(35-38)43-20-10-13-25-56(43)65-57/h4-36H,3H2,1-2H3/b42-4-,50-15+. The van der Waals surface area contributed by atoms with Gasteiger partial charge >= 0.3 is 0 Å². The van der Waals surface area contributed by atoms with E-state index in [1.165, 1.54) is 26.9 Å². The summed E-state index contributed by atoms with van der Waals surface area (Å²) in [7, 11) is 0. The third-order valence-electron chi connectivity index (χ3n) is 13.9. The minimum Gasteiger partial charge on any atom is -0.456 e. The molecule has 0 saturated carbocycles. The third-order valence-corrected chi connectivity index (χ3v) is 13.9. The van der Waals surface area contributed by atoms with Crippen molar-refractivity contribution in [1.82, 2.24) is 13.7 Å². The van der Waals surface area contributed by atoms with Crippen LogP contribution < -0.4 is 10.6 Å². The fourth-order valence-electron chi connectivity index (χ4n) is 11.1. The molecule has 0 unspecified atom stereocenters. The van der Waals surface area contributed by atoms with Crippen LogP contribution in [0.5, 0.6) is 0 Å². The molecule has 66 heavy (non-hydrogen) atoms. The van der Waals surface area contributed by atoms with Gasteiger partial charge in [0.15, 0.2) is 0 Å². The predicted molar refractivity (Wildman–Crippen MR) is 276 cm³/mol. The topological polar surface area (TPSA) is 41.1 Å². The number of hydrogen-bond acceptors (Lipinski definition) is 2. The van der Waals surface area contributed by atoms with E-state index in [4.69, 9.17) is 8.83 Å². The SMILES string of the molecule is C/C=c1\c(=C/CC)n(-c2ccccc2)c2ccc(-n3c4ccccc4c4c5oc6c(ccc7c6c6ccccc6n7-c6cccc(-c7ccc8oc9ccccc9c8c7)c6)c5ccc43)cc12. The quantitative estimate of drug-likeness (QED) is 0.173. The second kappa shape index (κ2) is 14.0. The summed E-state index contributed by atoms with van der Waals surface area (Å²) in [5.41, 5.74) is 15.0. The molecule has 0 N–H and O–H groups in total. The van der Waals surface area contributed by atoms with E-state index in [0.717, 1.165) is 117 Å². The molecule has 5 heterocycles. The number of hydrogen-bond donors (Lipinski definition) is 0. The summed E-state index contributed by atoms with van der Waals surface area (Å²) in [5, 5.41) is 12.7. The van der Waals surface area contributed by atoms with Gasteiger partial charge in [-0.25, -0.2) is 0 Å². The van der Waals surface area contributed by atoms with E-state index < -0.39 is 0 Å². The largest absolute Gasteiger partial charge is 0.456 e. The number of para-hydroxylation sites is 4. The zero-order valence-corrected chi connectivity index (χ0v) is 36.4. The van der Waals surface area contributed by atoms with Gasteiger partial charge in [-0.15, -0.1) is 0 Å². The number of aromatic nitrogens is 3. The molecule has 0 saturated heterocycles. The number of fused-ring (bicyclic) bond motifs is 15. The van der Waals surface area contributed by atoms with Crippen LogP contribution in [0, 0.1) is 0 Å². The third kappa shape index (κ3) is 5.11. The lowest BCUT2D eigenvalue weighted by molar-refractivity contribution is 0.669. The average Bonchev–Trinajstić information content (AvgIpc) is 4.17. The molecule has 0 radical (unpaired) electrons. The fraction of sp³-hybridized carbons (Fsp3) is 0.0492. The van der Waals surface area contributed by atoms with Crippen molar-refractivity contribution >= 4 is 111 Å². The van der Waals surface area contributed by atoms with E-state index in [9.17, 15) is 0 Å². The van der Waals surface area contributed by atoms with Crippen LogP contribution in [0.4, 0.5) is 0 Å². The maximum atomic E-state index is 7.31. The zero-order valence-electron chi connectivity index (χ0n) is 36.4. The smallest absolute Gasteiger partial charge is 0.145 e. The molecule has 5 aromatic heterocycles. The average molecular weight is 848 g/mol. The highest BCUT2D eigenvalue weighted by Crippen LogP contribution is 2.45. The van der Waals surface area contributed by atoms with Crippen molar-refractivity contribution in [2.45, 2.75) is 20.3 Å². The molecular formula is C61H41N3O2. The number of benzene rings is 9. The molecule has 14 aromatic rings. The van der Waals surface area contributed by atoms with Crippen molar-refractivity contribution < 1.29 is 8.83 Å². The van der Waals surface area contributed by atoms with Gasteiger partial charge in [0.05, 0.1) is 38.4 Å². The van der Waals surface area contributed by atoms with Crippen molar-refractivity contribution in [3.8, 4) is 28.2 Å². The normalized spacial score (nSPS) is 12.9. The van der Waals surface area contributed by atoms with E-state index in [1.54, 1.807) is 0 Å². The first-order chi connectivity index (χ1) is 32.7. The van der Waals surface area contributed by atoms with E-state index in [2.05, 4.69) is 216 Å². The molecule has 0 fully saturated rings. The highest BCUT2D eigenvalue weighted by atomic mass is 16.3. The van der Waals surface area contributed by atoms with Crippen molar-refractivity contribution in [3.05, 3.63) is 199 Å². The molecular weight excluding hydrogens is 807 g/mol. The summed E-state index contributed by atoms with van der Waals surface area (Å²) in [4.78, 5) is 0. The van der Waals surface area contributed by atoms with Gasteiger partial charge in [-0.05, 0) is 122 Å². The van der Waals surface area contributed by atoms with Crippen LogP contribution in [-0.4, -0.2) is 13.7 Å². The first kappa shape index (κ1) is 36.9. The van der Waals surface area contributed by atoms with Gasteiger partial charge in [-0.3, -0.25) is 0 Å². The lowest BCUT2D eigenvalue weighted by atomic mass is 10.0. The fourth-order valence-corrected chi connectivity index (χ4v) is 11.1. The number of furan rings is 2. The van der Waals surface area contributed by atoms with Crippen LogP contribution in [0.15, 0.2) is 197 Å². The molecule has 0 aliphatic carbocycles. The van der Waals surface area contributed by atoms with Crippen LogP contribution in [0.25, 0.3) is 139 Å². The van der Waals surface area contributed by atoms with Crippen LogP contribution in [-0.2, 0) is 0 Å². The minimum atomic E-state index is 0.899. The second-order valence-electron chi connectivity index (χ2n) is 17.4. The Kier molecular flexibility index (Phi) is 7.81. The molecule has 312 valence electrons. The first-order valence-corrected chi connectivity index (χ1v) is 22.9. The molecule has 0 aliphatic heterocycles. The predicted octanol–water partition coefficient (Wildman–Crippen LogP) is 15.3. The maximum absolute atomic E-state index is 7.31. The zero-order chi connectivity index (χ0) is 43.6. The molecule has 9 aromatic carbocycles. The number of rotatable bonds is 5. The van der Waals surface area contributed by atoms with Gasteiger partial charge in [0.25, 0.3) is 0 Å². The van der Waals surface area contributed by atoms with E-state index >= 15 is 0 Å². The van der Waals surface area contributed by atoms with Crippen molar-refractivity contribution in [3.63, 3.8) is 0 Å². The van der Waals surface area contributed by atoms with E-state index in [-0.39, 0.29) is 0 Å². The van der Waals surface area contributed by atoms with E-state index in [0.29, 0.717) is 0 Å². The molecule has 0 bridgehead atoms. The molecule has 0 atom stereocenters. The lowest BCUT2D eigenvalue weighted by Crippen LogP contribution is -2.28. The summed E-state index contributed by atoms with van der Waals surface area (Å²) in [6, 6.07) is 67.9. The molecule has 0 amide bonds. The Morgan fingerprint density at radius 3 is 1.67 bits per heavy atom. The molecule has 0 spiro atoms. The van der Waals surface area contributed by atoms with Crippen molar-refractivity contribution in [2.75, 3.05) is 0 Å². The summed E-state index contributed by atoms with van der Waals surface area (Å²) in [6.45, 7) is 4.36. The van der Waals surface area contributed by atoms with Crippen LogP contribution >= 0.6 is 0 Å². The van der Waals surface area contributed by atoms with Crippen LogP contribution in [0.2, 0.25) is 0 Å². The van der Waals surface area contributed by atoms with E-state index in [1.807, 2.05) is 12.1 Å². The highest BCUT2D eigenvalue weighted by molar-refractivity contribution is 6.29. The van der Waals surface area contributed by atoms with Gasteiger partial charge < -0.3 is 22.5 Å². The maximum Gasteiger partial charge on any atom is 0.145 e. The highest BCUT2D eigenvalue weighted by Gasteiger charge is 2.23. The molecule has 14 rings (SSSR count). The monoisotopic (exact) mass is 847 g/mol. The van der Waals surface area contributed by atoms with Gasteiger partial charge in [0.1, 0.15) is 22.3 Å². The van der Waals surface area contributed by atoms with Gasteiger partial charge in [0.2, 0.25) is 0 Å². The second-order valence-corrected chi connectivity index (χ2v) is 17.4. The van der Waals surface area contributed by atoms with Crippen LogP contribution in [0.1, 0.15) is 20.3 Å². The van der Waals surface area contributed by atoms with Gasteiger partial charge in [0, 0.05) is 65.3 Å². The summed E-state index contributed by atoms with van der Waals surface area (Å²) in [5.74, 6) is 0. The lowest BCUT2D eigenvalue weighted by Gasteiger charge is -2.10. The summed E-state index contributed by atoms with van der Waals surface area (Å²) < 4.78 is 20.7. The summed E-state index contributed by atoms with van der Waals surface area (Å²) in [6.07, 6.45) is 5.55. The van der Waals surface area contributed by atoms with Crippen molar-refractivity contribution in [1.29, 1.82) is 0 Å². The molecule has 5 nitrogen and oxygen atoms in total. The Labute approximate surface area is 378 Å². The Morgan fingerprint density at radius 2 is 0.970 bits per heavy atom. The van der Waals surface area contributed by atoms with Crippen LogP contribution in [0.3, 0.4) is 0 Å². The molecule has 5 heteroatoms. The Balaban J connectivity index is 0.977. The summed E-state index contributed by atoms with van der Waals surface area (Å²) >= 11 is 0. The van der Waals surface area contributed by atoms with Gasteiger partial charge in [-0.2, -0.15) is 0 Å². The number of nitrogens with zero attached hydrogens (tertiary/aromatic N) is 3. The van der Waals surface area contributed by atoms with Gasteiger partial charge in [-0.1, -0.05) is 110 Å². The Bertz CT molecular complexity index is 4460. The van der Waals surface area contributed by atoms with Crippen molar-refractivity contribution in [2.24, 2.45) is 0 Å².